The highest BCUT2D eigenvalue weighted by Crippen LogP contribution is 2.24. The van der Waals surface area contributed by atoms with Crippen LogP contribution in [0.4, 0.5) is 0 Å². The Morgan fingerprint density at radius 3 is 2.87 bits per heavy atom. The molecule has 0 unspecified atom stereocenters. The van der Waals surface area contributed by atoms with Crippen molar-refractivity contribution in [3.05, 3.63) is 40.7 Å². The zero-order valence-electron chi connectivity index (χ0n) is 8.20. The van der Waals surface area contributed by atoms with Gasteiger partial charge in [-0.1, -0.05) is 17.7 Å². The molecule has 1 heterocycles. The number of aryl methyl sites for hydroxylation is 1. The summed E-state index contributed by atoms with van der Waals surface area (Å²) in [6, 6.07) is 7.25. The van der Waals surface area contributed by atoms with Crippen molar-refractivity contribution < 1.29 is 9.52 Å². The van der Waals surface area contributed by atoms with Crippen molar-refractivity contribution in [1.82, 2.24) is 4.98 Å². The van der Waals surface area contributed by atoms with Crippen molar-refractivity contribution >= 4 is 11.6 Å². The molecule has 4 heteroatoms. The standard InChI is InChI=1S/C11H10ClNO2/c1-7-10(6-14)15-11(13-7)8-3-2-4-9(12)5-8/h2-5,14H,6H2,1H3. The highest BCUT2D eigenvalue weighted by atomic mass is 35.5. The molecule has 0 aliphatic carbocycles. The van der Waals surface area contributed by atoms with Crippen LogP contribution in [-0.4, -0.2) is 10.1 Å². The molecule has 15 heavy (non-hydrogen) atoms. The Morgan fingerprint density at radius 2 is 2.27 bits per heavy atom. The van der Waals surface area contributed by atoms with Crippen molar-refractivity contribution in [2.45, 2.75) is 13.5 Å². The first-order valence-electron chi connectivity index (χ1n) is 4.54. The maximum Gasteiger partial charge on any atom is 0.226 e. The van der Waals surface area contributed by atoms with E-state index in [9.17, 15) is 0 Å². The van der Waals surface area contributed by atoms with Crippen LogP contribution in [0.25, 0.3) is 11.5 Å². The topological polar surface area (TPSA) is 46.3 Å². The number of aliphatic hydroxyl groups is 1. The van der Waals surface area contributed by atoms with Crippen LogP contribution in [0.15, 0.2) is 28.7 Å². The third-order valence-electron chi connectivity index (χ3n) is 2.11. The molecular weight excluding hydrogens is 214 g/mol. The first kappa shape index (κ1) is 10.2. The summed E-state index contributed by atoms with van der Waals surface area (Å²) < 4.78 is 5.38. The smallest absolute Gasteiger partial charge is 0.226 e. The maximum absolute atomic E-state index is 8.97. The van der Waals surface area contributed by atoms with Crippen molar-refractivity contribution in [2.24, 2.45) is 0 Å². The zero-order chi connectivity index (χ0) is 10.8. The van der Waals surface area contributed by atoms with E-state index in [0.29, 0.717) is 22.4 Å². The fourth-order valence-corrected chi connectivity index (χ4v) is 1.51. The molecule has 1 aromatic heterocycles. The lowest BCUT2D eigenvalue weighted by Crippen LogP contribution is -1.81. The molecule has 0 bridgehead atoms. The van der Waals surface area contributed by atoms with Gasteiger partial charge >= 0.3 is 0 Å². The van der Waals surface area contributed by atoms with Crippen LogP contribution in [0.2, 0.25) is 5.02 Å². The van der Waals surface area contributed by atoms with E-state index in [0.717, 1.165) is 5.56 Å². The number of hydrogen-bond donors (Lipinski definition) is 1. The number of oxazole rings is 1. The van der Waals surface area contributed by atoms with Gasteiger partial charge in [-0.25, -0.2) is 4.98 Å². The van der Waals surface area contributed by atoms with Gasteiger partial charge in [0.2, 0.25) is 5.89 Å². The summed E-state index contributed by atoms with van der Waals surface area (Å²) in [4.78, 5) is 4.21. The third-order valence-corrected chi connectivity index (χ3v) is 2.34. The number of benzene rings is 1. The van der Waals surface area contributed by atoms with Crippen LogP contribution < -0.4 is 0 Å². The Balaban J connectivity index is 2.45. The minimum atomic E-state index is -0.139. The fraction of sp³-hybridized carbons (Fsp3) is 0.182. The minimum Gasteiger partial charge on any atom is -0.438 e. The van der Waals surface area contributed by atoms with E-state index in [-0.39, 0.29) is 6.61 Å². The Morgan fingerprint density at radius 1 is 1.47 bits per heavy atom. The number of rotatable bonds is 2. The normalized spacial score (nSPS) is 10.6. The number of nitrogens with zero attached hydrogens (tertiary/aromatic N) is 1. The Kier molecular flexibility index (Phi) is 2.75. The van der Waals surface area contributed by atoms with Gasteiger partial charge in [0.1, 0.15) is 6.61 Å². The molecule has 0 spiro atoms. The van der Waals surface area contributed by atoms with Gasteiger partial charge in [0.25, 0.3) is 0 Å². The van der Waals surface area contributed by atoms with Crippen LogP contribution in [-0.2, 0) is 6.61 Å². The van der Waals surface area contributed by atoms with E-state index in [4.69, 9.17) is 21.1 Å². The second kappa shape index (κ2) is 4.04. The van der Waals surface area contributed by atoms with Crippen molar-refractivity contribution in [2.75, 3.05) is 0 Å². The van der Waals surface area contributed by atoms with Crippen molar-refractivity contribution in [3.8, 4) is 11.5 Å². The van der Waals surface area contributed by atoms with Gasteiger partial charge < -0.3 is 9.52 Å². The summed E-state index contributed by atoms with van der Waals surface area (Å²) in [5.74, 6) is 0.976. The monoisotopic (exact) mass is 223 g/mol. The largest absolute Gasteiger partial charge is 0.438 e. The van der Waals surface area contributed by atoms with Gasteiger partial charge in [-0.15, -0.1) is 0 Å². The average Bonchev–Trinajstić information content (AvgIpc) is 2.60. The molecule has 1 N–H and O–H groups in total. The summed E-state index contributed by atoms with van der Waals surface area (Å²) in [5.41, 5.74) is 1.51. The van der Waals surface area contributed by atoms with Crippen molar-refractivity contribution in [3.63, 3.8) is 0 Å². The molecule has 0 fully saturated rings. The molecule has 0 atom stereocenters. The third kappa shape index (κ3) is 2.03. The second-order valence-electron chi connectivity index (χ2n) is 3.20. The van der Waals surface area contributed by atoms with Gasteiger partial charge in [0.05, 0.1) is 5.69 Å². The van der Waals surface area contributed by atoms with E-state index >= 15 is 0 Å². The lowest BCUT2D eigenvalue weighted by Gasteiger charge is -1.95. The van der Waals surface area contributed by atoms with Crippen LogP contribution in [0, 0.1) is 6.92 Å². The number of aliphatic hydroxyl groups excluding tert-OH is 1. The van der Waals surface area contributed by atoms with Crippen LogP contribution in [0.5, 0.6) is 0 Å². The summed E-state index contributed by atoms with van der Waals surface area (Å²) >= 11 is 5.86. The first-order chi connectivity index (χ1) is 7.20. The van der Waals surface area contributed by atoms with Gasteiger partial charge in [0.15, 0.2) is 5.76 Å². The highest BCUT2D eigenvalue weighted by molar-refractivity contribution is 6.30. The predicted molar refractivity (Wildman–Crippen MR) is 57.6 cm³/mol. The van der Waals surface area contributed by atoms with Gasteiger partial charge in [-0.3, -0.25) is 0 Å². The summed E-state index contributed by atoms with van der Waals surface area (Å²) in [6.45, 7) is 1.66. The summed E-state index contributed by atoms with van der Waals surface area (Å²) in [7, 11) is 0. The minimum absolute atomic E-state index is 0.139. The molecule has 0 aliphatic rings. The van der Waals surface area contributed by atoms with E-state index in [2.05, 4.69) is 4.98 Å². The Bertz CT molecular complexity index is 479. The van der Waals surface area contributed by atoms with E-state index in [1.807, 2.05) is 12.1 Å². The fourth-order valence-electron chi connectivity index (χ4n) is 1.32. The molecule has 3 nitrogen and oxygen atoms in total. The highest BCUT2D eigenvalue weighted by Gasteiger charge is 2.10. The van der Waals surface area contributed by atoms with Gasteiger partial charge in [-0.2, -0.15) is 0 Å². The lowest BCUT2D eigenvalue weighted by molar-refractivity contribution is 0.247. The molecule has 0 radical (unpaired) electrons. The molecule has 0 saturated carbocycles. The number of halogens is 1. The predicted octanol–water partition coefficient (Wildman–Crippen LogP) is 2.80. The molecule has 0 saturated heterocycles. The Labute approximate surface area is 92.3 Å². The molecule has 0 amide bonds. The second-order valence-corrected chi connectivity index (χ2v) is 3.63. The van der Waals surface area contributed by atoms with E-state index in [1.165, 1.54) is 0 Å². The Hall–Kier alpha value is -1.32. The molecule has 0 aliphatic heterocycles. The SMILES string of the molecule is Cc1nc(-c2cccc(Cl)c2)oc1CO. The van der Waals surface area contributed by atoms with Crippen LogP contribution in [0.3, 0.4) is 0 Å². The van der Waals surface area contributed by atoms with Crippen LogP contribution >= 0.6 is 11.6 Å². The molecule has 2 aromatic rings. The molecule has 78 valence electrons. The molecule has 1 aromatic carbocycles. The quantitative estimate of drug-likeness (QED) is 0.852. The number of aromatic nitrogens is 1. The molecule has 2 rings (SSSR count). The maximum atomic E-state index is 8.97. The van der Waals surface area contributed by atoms with Gasteiger partial charge in [0, 0.05) is 10.6 Å². The van der Waals surface area contributed by atoms with E-state index < -0.39 is 0 Å². The van der Waals surface area contributed by atoms with E-state index in [1.54, 1.807) is 19.1 Å². The number of hydrogen-bond acceptors (Lipinski definition) is 3. The lowest BCUT2D eigenvalue weighted by atomic mass is 10.2. The first-order valence-corrected chi connectivity index (χ1v) is 4.91. The summed E-state index contributed by atoms with van der Waals surface area (Å²) in [5, 5.41) is 9.61. The van der Waals surface area contributed by atoms with Crippen molar-refractivity contribution in [1.29, 1.82) is 0 Å². The summed E-state index contributed by atoms with van der Waals surface area (Å²) in [6.07, 6.45) is 0. The van der Waals surface area contributed by atoms with Crippen LogP contribution in [0.1, 0.15) is 11.5 Å². The van der Waals surface area contributed by atoms with Gasteiger partial charge in [-0.05, 0) is 25.1 Å². The zero-order valence-corrected chi connectivity index (χ0v) is 8.95. The average molecular weight is 224 g/mol. The molecular formula is C11H10ClNO2.